The van der Waals surface area contributed by atoms with E-state index in [4.69, 9.17) is 0 Å². The molecule has 25 heavy (non-hydrogen) atoms. The zero-order valence-electron chi connectivity index (χ0n) is 14.0. The maximum absolute atomic E-state index is 12.6. The van der Waals surface area contributed by atoms with E-state index in [-0.39, 0.29) is 5.91 Å². The number of fused-ring (bicyclic) bond motifs is 1. The number of likely N-dealkylation sites (tertiary alicyclic amines) is 1. The Kier molecular flexibility index (Phi) is 4.37. The molecule has 1 aromatic carbocycles. The summed E-state index contributed by atoms with van der Waals surface area (Å²) in [6.07, 6.45) is 8.12. The molecule has 1 aliphatic rings. The zero-order chi connectivity index (χ0) is 17.1. The highest BCUT2D eigenvalue weighted by molar-refractivity contribution is 5.93. The number of piperidine rings is 1. The Morgan fingerprint density at radius 2 is 2.12 bits per heavy atom. The normalized spacial score (nSPS) is 17.6. The summed E-state index contributed by atoms with van der Waals surface area (Å²) in [4.78, 5) is 18.9. The lowest BCUT2D eigenvalue weighted by Crippen LogP contribution is -2.40. The van der Waals surface area contributed by atoms with Crippen LogP contribution in [0.1, 0.15) is 28.8 Å². The second-order valence-corrected chi connectivity index (χ2v) is 6.63. The van der Waals surface area contributed by atoms with Crippen LogP contribution in [0.2, 0.25) is 0 Å². The molecule has 1 fully saturated rings. The lowest BCUT2D eigenvalue weighted by Gasteiger charge is -2.33. The number of benzene rings is 1. The van der Waals surface area contributed by atoms with Crippen LogP contribution >= 0.6 is 0 Å². The van der Waals surface area contributed by atoms with Crippen molar-refractivity contribution in [1.82, 2.24) is 20.1 Å². The van der Waals surface area contributed by atoms with Crippen molar-refractivity contribution in [1.29, 1.82) is 0 Å². The zero-order valence-corrected chi connectivity index (χ0v) is 14.0. The molecule has 126 valence electrons. The molecule has 3 aromatic rings. The molecule has 0 spiro atoms. The maximum Gasteiger partial charge on any atom is 0.255 e. The van der Waals surface area contributed by atoms with Gasteiger partial charge in [0.05, 0.1) is 23.5 Å². The third kappa shape index (κ3) is 3.50. The van der Waals surface area contributed by atoms with Gasteiger partial charge in [-0.2, -0.15) is 10.2 Å². The van der Waals surface area contributed by atoms with Crippen LogP contribution in [-0.2, 0) is 6.42 Å². The summed E-state index contributed by atoms with van der Waals surface area (Å²) in [7, 11) is 0. The van der Waals surface area contributed by atoms with Crippen LogP contribution in [0.3, 0.4) is 0 Å². The number of pyridine rings is 1. The van der Waals surface area contributed by atoms with Gasteiger partial charge in [0, 0.05) is 24.7 Å². The van der Waals surface area contributed by atoms with Crippen LogP contribution in [0.15, 0.2) is 55.0 Å². The second-order valence-electron chi connectivity index (χ2n) is 6.63. The fourth-order valence-electron chi connectivity index (χ4n) is 3.60. The minimum Gasteiger partial charge on any atom is -0.338 e. The van der Waals surface area contributed by atoms with Gasteiger partial charge in [-0.25, -0.2) is 0 Å². The van der Waals surface area contributed by atoms with Crippen molar-refractivity contribution in [2.45, 2.75) is 19.3 Å². The summed E-state index contributed by atoms with van der Waals surface area (Å²) < 4.78 is 0. The van der Waals surface area contributed by atoms with E-state index < -0.39 is 0 Å². The highest BCUT2D eigenvalue weighted by Gasteiger charge is 2.24. The summed E-state index contributed by atoms with van der Waals surface area (Å²) >= 11 is 0. The first-order chi connectivity index (χ1) is 12.3. The number of amides is 1. The van der Waals surface area contributed by atoms with Gasteiger partial charge in [-0.3, -0.25) is 9.78 Å². The van der Waals surface area contributed by atoms with Gasteiger partial charge < -0.3 is 4.90 Å². The molecule has 3 heterocycles. The summed E-state index contributed by atoms with van der Waals surface area (Å²) in [6.45, 7) is 1.62. The van der Waals surface area contributed by atoms with Gasteiger partial charge in [-0.1, -0.05) is 12.1 Å². The Morgan fingerprint density at radius 1 is 1.16 bits per heavy atom. The molecule has 5 heteroatoms. The number of carbonyl (C=O) groups excluding carboxylic acids is 1. The fraction of sp³-hybridized carbons (Fsp3) is 0.300. The molecule has 2 aromatic heterocycles. The van der Waals surface area contributed by atoms with E-state index in [2.05, 4.69) is 39.4 Å². The molecule has 1 amide bonds. The quantitative estimate of drug-likeness (QED) is 0.739. The highest BCUT2D eigenvalue weighted by atomic mass is 16.2. The van der Waals surface area contributed by atoms with Gasteiger partial charge >= 0.3 is 0 Å². The van der Waals surface area contributed by atoms with E-state index in [0.717, 1.165) is 37.9 Å². The van der Waals surface area contributed by atoms with E-state index in [1.54, 1.807) is 18.5 Å². The minimum absolute atomic E-state index is 0.0577. The first kappa shape index (κ1) is 15.7. The maximum atomic E-state index is 12.6. The molecule has 0 bridgehead atoms. The predicted octanol–water partition coefficient (Wildman–Crippen LogP) is 3.12. The fourth-order valence-corrected chi connectivity index (χ4v) is 3.60. The molecule has 4 rings (SSSR count). The monoisotopic (exact) mass is 332 g/mol. The summed E-state index contributed by atoms with van der Waals surface area (Å²) in [5.41, 5.74) is 2.95. The Hall–Kier alpha value is -2.82. The number of hydrogen-bond acceptors (Lipinski definition) is 4. The Labute approximate surface area is 146 Å². The number of hydrogen-bond donors (Lipinski definition) is 0. The van der Waals surface area contributed by atoms with Crippen LogP contribution in [0.25, 0.3) is 10.9 Å². The summed E-state index contributed by atoms with van der Waals surface area (Å²) in [5.74, 6) is 0.545. The molecule has 0 radical (unpaired) electrons. The van der Waals surface area contributed by atoms with E-state index in [9.17, 15) is 4.79 Å². The lowest BCUT2D eigenvalue weighted by molar-refractivity contribution is 0.0672. The van der Waals surface area contributed by atoms with Gasteiger partial charge in [-0.05, 0) is 55.0 Å². The standard InChI is InChI=1S/C20H20N4O/c25-20(18-7-9-22-23-13-18)24-10-2-3-16(14-24)11-15-5-6-19-17(12-15)4-1-8-21-19/h1,4-9,12-13,16H,2-3,10-11,14H2/t16-/m0/s1. The summed E-state index contributed by atoms with van der Waals surface area (Å²) in [6, 6.07) is 12.3. The van der Waals surface area contributed by atoms with Crippen LogP contribution in [-0.4, -0.2) is 39.1 Å². The third-order valence-electron chi connectivity index (χ3n) is 4.83. The van der Waals surface area contributed by atoms with Crippen LogP contribution in [0.4, 0.5) is 0 Å². The molecular formula is C20H20N4O. The average Bonchev–Trinajstić information content (AvgIpc) is 2.68. The van der Waals surface area contributed by atoms with Crippen molar-refractivity contribution in [2.75, 3.05) is 13.1 Å². The molecule has 1 atom stereocenters. The van der Waals surface area contributed by atoms with Gasteiger partial charge in [0.15, 0.2) is 0 Å². The molecule has 0 N–H and O–H groups in total. The number of nitrogens with zero attached hydrogens (tertiary/aromatic N) is 4. The molecule has 1 aliphatic heterocycles. The second kappa shape index (κ2) is 6.97. The van der Waals surface area contributed by atoms with Crippen molar-refractivity contribution >= 4 is 16.8 Å². The molecule has 0 aliphatic carbocycles. The Morgan fingerprint density at radius 3 is 3.00 bits per heavy atom. The number of aromatic nitrogens is 3. The van der Waals surface area contributed by atoms with Crippen molar-refractivity contribution in [3.8, 4) is 0 Å². The van der Waals surface area contributed by atoms with Crippen LogP contribution in [0.5, 0.6) is 0 Å². The van der Waals surface area contributed by atoms with Gasteiger partial charge in [0.1, 0.15) is 0 Å². The van der Waals surface area contributed by atoms with E-state index in [0.29, 0.717) is 11.5 Å². The minimum atomic E-state index is 0.0577. The van der Waals surface area contributed by atoms with Crippen molar-refractivity contribution in [3.05, 3.63) is 66.1 Å². The molecule has 1 saturated heterocycles. The Balaban J connectivity index is 1.46. The smallest absolute Gasteiger partial charge is 0.255 e. The number of rotatable bonds is 3. The third-order valence-corrected chi connectivity index (χ3v) is 4.83. The first-order valence-corrected chi connectivity index (χ1v) is 8.69. The largest absolute Gasteiger partial charge is 0.338 e. The van der Waals surface area contributed by atoms with E-state index in [1.807, 2.05) is 17.2 Å². The van der Waals surface area contributed by atoms with Crippen LogP contribution < -0.4 is 0 Å². The Bertz CT molecular complexity index is 881. The number of carbonyl (C=O) groups is 1. The first-order valence-electron chi connectivity index (χ1n) is 8.69. The SMILES string of the molecule is O=C(c1ccnnc1)N1CCC[C@@H](Cc2ccc3ncccc3c2)C1. The van der Waals surface area contributed by atoms with Crippen LogP contribution in [0, 0.1) is 5.92 Å². The van der Waals surface area contributed by atoms with Gasteiger partial charge in [-0.15, -0.1) is 0 Å². The van der Waals surface area contributed by atoms with Gasteiger partial charge in [0.25, 0.3) is 5.91 Å². The van der Waals surface area contributed by atoms with E-state index >= 15 is 0 Å². The van der Waals surface area contributed by atoms with Crippen molar-refractivity contribution < 1.29 is 4.79 Å². The van der Waals surface area contributed by atoms with Gasteiger partial charge in [0.2, 0.25) is 0 Å². The average molecular weight is 332 g/mol. The topological polar surface area (TPSA) is 59.0 Å². The predicted molar refractivity (Wildman–Crippen MR) is 96.1 cm³/mol. The molecule has 5 nitrogen and oxygen atoms in total. The summed E-state index contributed by atoms with van der Waals surface area (Å²) in [5, 5.41) is 8.73. The van der Waals surface area contributed by atoms with Crippen molar-refractivity contribution in [2.24, 2.45) is 5.92 Å². The van der Waals surface area contributed by atoms with Crippen molar-refractivity contribution in [3.63, 3.8) is 0 Å². The molecular weight excluding hydrogens is 312 g/mol. The molecule has 0 saturated carbocycles. The lowest BCUT2D eigenvalue weighted by atomic mass is 9.90. The molecule has 0 unspecified atom stereocenters. The van der Waals surface area contributed by atoms with E-state index in [1.165, 1.54) is 10.9 Å². The highest BCUT2D eigenvalue weighted by Crippen LogP contribution is 2.23.